The summed E-state index contributed by atoms with van der Waals surface area (Å²) in [6.07, 6.45) is 3.01. The number of nitrogens with zero attached hydrogens (tertiary/aromatic N) is 1. The minimum atomic E-state index is -0.217. The van der Waals surface area contributed by atoms with Gasteiger partial charge in [0.1, 0.15) is 5.69 Å². The lowest BCUT2D eigenvalue weighted by molar-refractivity contribution is 0.0913. The van der Waals surface area contributed by atoms with Crippen molar-refractivity contribution in [3.8, 4) is 0 Å². The predicted molar refractivity (Wildman–Crippen MR) is 53.9 cm³/mol. The molecule has 0 unspecified atom stereocenters. The molecule has 4 heteroatoms. The third-order valence-corrected chi connectivity index (χ3v) is 2.54. The van der Waals surface area contributed by atoms with Gasteiger partial charge in [-0.25, -0.2) is 0 Å². The molecule has 1 aromatic heterocycles. The number of methoxy groups -OCH3 is 1. The summed E-state index contributed by atoms with van der Waals surface area (Å²) in [6, 6.07) is 0. The van der Waals surface area contributed by atoms with Crippen LogP contribution in [0.5, 0.6) is 0 Å². The van der Waals surface area contributed by atoms with Crippen LogP contribution in [0.4, 0.5) is 0 Å². The third kappa shape index (κ3) is 1.21. The molecule has 2 rings (SSSR count). The number of hydrogen-bond acceptors (Lipinski definition) is 3. The second kappa shape index (κ2) is 3.08. The molecular formula is C11H11NO3. The normalized spacial score (nSPS) is 15.0. The van der Waals surface area contributed by atoms with Crippen molar-refractivity contribution in [3.05, 3.63) is 34.9 Å². The molecule has 0 aromatic carbocycles. The van der Waals surface area contributed by atoms with Gasteiger partial charge in [0.05, 0.1) is 12.7 Å². The highest BCUT2D eigenvalue weighted by molar-refractivity contribution is 6.23. The highest BCUT2D eigenvalue weighted by Gasteiger charge is 2.30. The zero-order valence-electron chi connectivity index (χ0n) is 8.83. The van der Waals surface area contributed by atoms with Crippen molar-refractivity contribution in [1.29, 1.82) is 0 Å². The second-order valence-corrected chi connectivity index (χ2v) is 3.55. The fourth-order valence-electron chi connectivity index (χ4n) is 1.89. The van der Waals surface area contributed by atoms with E-state index in [4.69, 9.17) is 4.74 Å². The van der Waals surface area contributed by atoms with Gasteiger partial charge in [-0.15, -0.1) is 0 Å². The minimum Gasteiger partial charge on any atom is -0.492 e. The molecule has 0 amide bonds. The molecule has 1 heterocycles. The number of aryl methyl sites for hydroxylation is 2. The van der Waals surface area contributed by atoms with E-state index in [-0.39, 0.29) is 17.3 Å². The number of aromatic nitrogens is 1. The van der Waals surface area contributed by atoms with Crippen LogP contribution in [0.3, 0.4) is 0 Å². The van der Waals surface area contributed by atoms with E-state index in [1.54, 1.807) is 17.8 Å². The van der Waals surface area contributed by atoms with Crippen molar-refractivity contribution < 1.29 is 14.3 Å². The van der Waals surface area contributed by atoms with Gasteiger partial charge in [0, 0.05) is 19.3 Å². The summed E-state index contributed by atoms with van der Waals surface area (Å²) < 4.78 is 6.55. The quantitative estimate of drug-likeness (QED) is 0.693. The number of fused-ring (bicyclic) bond motifs is 1. The van der Waals surface area contributed by atoms with Crippen molar-refractivity contribution in [3.63, 3.8) is 0 Å². The first-order valence-corrected chi connectivity index (χ1v) is 4.57. The van der Waals surface area contributed by atoms with Gasteiger partial charge in [0.15, 0.2) is 5.76 Å². The summed E-state index contributed by atoms with van der Waals surface area (Å²) in [7, 11) is 3.14. The van der Waals surface area contributed by atoms with Crippen LogP contribution in [0.1, 0.15) is 26.4 Å². The Balaban J connectivity index is 2.69. The Morgan fingerprint density at radius 3 is 2.60 bits per heavy atom. The van der Waals surface area contributed by atoms with Crippen LogP contribution in [0.25, 0.3) is 0 Å². The van der Waals surface area contributed by atoms with Gasteiger partial charge in [0.25, 0.3) is 0 Å². The standard InChI is InChI=1S/C11H11NO3/c1-6-5-12(2)10-7(13)4-8(15-3)11(14)9(6)10/h4-5H,1-3H3. The predicted octanol–water partition coefficient (Wildman–Crippen LogP) is 1.24. The Kier molecular flexibility index (Phi) is 2.00. The molecule has 0 aliphatic heterocycles. The van der Waals surface area contributed by atoms with Crippen molar-refractivity contribution >= 4 is 11.6 Å². The molecule has 0 spiro atoms. The van der Waals surface area contributed by atoms with Crippen LogP contribution in [-0.2, 0) is 11.8 Å². The average molecular weight is 205 g/mol. The summed E-state index contributed by atoms with van der Waals surface area (Å²) in [5, 5.41) is 0. The summed E-state index contributed by atoms with van der Waals surface area (Å²) in [5.74, 6) is -0.288. The Labute approximate surface area is 87.1 Å². The third-order valence-electron chi connectivity index (χ3n) is 2.54. The Bertz CT molecular complexity index is 494. The molecule has 0 radical (unpaired) electrons. The van der Waals surface area contributed by atoms with Crippen molar-refractivity contribution in [2.24, 2.45) is 7.05 Å². The van der Waals surface area contributed by atoms with E-state index in [1.165, 1.54) is 13.2 Å². The summed E-state index contributed by atoms with van der Waals surface area (Å²) in [5.41, 5.74) is 1.70. The van der Waals surface area contributed by atoms with E-state index >= 15 is 0 Å². The Morgan fingerprint density at radius 2 is 2.00 bits per heavy atom. The maximum absolute atomic E-state index is 11.9. The molecule has 0 fully saturated rings. The smallest absolute Gasteiger partial charge is 0.230 e. The highest BCUT2D eigenvalue weighted by Crippen LogP contribution is 2.25. The van der Waals surface area contributed by atoms with Crippen LogP contribution in [-0.4, -0.2) is 23.2 Å². The lowest BCUT2D eigenvalue weighted by Crippen LogP contribution is -2.19. The molecule has 0 N–H and O–H groups in total. The van der Waals surface area contributed by atoms with Crippen LogP contribution < -0.4 is 0 Å². The van der Waals surface area contributed by atoms with E-state index in [1.807, 2.05) is 6.92 Å². The molecule has 1 aliphatic rings. The Morgan fingerprint density at radius 1 is 1.33 bits per heavy atom. The lowest BCUT2D eigenvalue weighted by atomic mass is 9.97. The van der Waals surface area contributed by atoms with Crippen LogP contribution in [0.2, 0.25) is 0 Å². The van der Waals surface area contributed by atoms with Crippen LogP contribution in [0.15, 0.2) is 18.0 Å². The van der Waals surface area contributed by atoms with Crippen LogP contribution in [0, 0.1) is 6.92 Å². The zero-order valence-corrected chi connectivity index (χ0v) is 8.83. The first-order valence-electron chi connectivity index (χ1n) is 4.57. The molecule has 0 saturated carbocycles. The first-order chi connectivity index (χ1) is 7.06. The monoisotopic (exact) mass is 205 g/mol. The summed E-state index contributed by atoms with van der Waals surface area (Å²) >= 11 is 0. The van der Waals surface area contributed by atoms with E-state index in [9.17, 15) is 9.59 Å². The van der Waals surface area contributed by atoms with Gasteiger partial charge < -0.3 is 9.30 Å². The second-order valence-electron chi connectivity index (χ2n) is 3.55. The van der Waals surface area contributed by atoms with Gasteiger partial charge in [0.2, 0.25) is 11.6 Å². The number of ketones is 2. The number of carbonyl (C=O) groups excluding carboxylic acids is 2. The molecule has 0 bridgehead atoms. The summed E-state index contributed by atoms with van der Waals surface area (Å²) in [4.78, 5) is 23.6. The lowest BCUT2D eigenvalue weighted by Gasteiger charge is -2.12. The SMILES string of the molecule is COC1=CC(=O)c2c(c(C)cn2C)C1=O. The molecule has 15 heavy (non-hydrogen) atoms. The summed E-state index contributed by atoms with van der Waals surface area (Å²) in [6.45, 7) is 1.81. The number of ether oxygens (including phenoxy) is 1. The number of carbonyl (C=O) groups is 2. The highest BCUT2D eigenvalue weighted by atomic mass is 16.5. The zero-order chi connectivity index (χ0) is 11.2. The van der Waals surface area contributed by atoms with Crippen molar-refractivity contribution in [1.82, 2.24) is 4.57 Å². The topological polar surface area (TPSA) is 48.3 Å². The minimum absolute atomic E-state index is 0.113. The maximum atomic E-state index is 11.9. The maximum Gasteiger partial charge on any atom is 0.230 e. The number of Topliss-reactive ketones (excluding diaryl/α,β-unsaturated/α-hetero) is 1. The number of hydrogen-bond donors (Lipinski definition) is 0. The average Bonchev–Trinajstić information content (AvgIpc) is 2.48. The van der Waals surface area contributed by atoms with E-state index < -0.39 is 0 Å². The largest absolute Gasteiger partial charge is 0.492 e. The number of allylic oxidation sites excluding steroid dienone is 2. The Hall–Kier alpha value is -1.84. The first kappa shape index (κ1) is 9.71. The van der Waals surface area contributed by atoms with Crippen LogP contribution >= 0.6 is 0 Å². The van der Waals surface area contributed by atoms with Gasteiger partial charge in [-0.3, -0.25) is 9.59 Å². The molecule has 4 nitrogen and oxygen atoms in total. The van der Waals surface area contributed by atoms with E-state index in [0.717, 1.165) is 5.56 Å². The fraction of sp³-hybridized carbons (Fsp3) is 0.273. The van der Waals surface area contributed by atoms with E-state index in [2.05, 4.69) is 0 Å². The van der Waals surface area contributed by atoms with E-state index in [0.29, 0.717) is 11.3 Å². The fourth-order valence-corrected chi connectivity index (χ4v) is 1.89. The van der Waals surface area contributed by atoms with Gasteiger partial charge in [-0.1, -0.05) is 0 Å². The molecule has 1 aliphatic carbocycles. The van der Waals surface area contributed by atoms with Gasteiger partial charge >= 0.3 is 0 Å². The molecule has 0 saturated heterocycles. The number of rotatable bonds is 1. The molecule has 78 valence electrons. The molecular weight excluding hydrogens is 194 g/mol. The van der Waals surface area contributed by atoms with Crippen molar-refractivity contribution in [2.75, 3.05) is 7.11 Å². The van der Waals surface area contributed by atoms with Gasteiger partial charge in [-0.2, -0.15) is 0 Å². The molecule has 1 aromatic rings. The van der Waals surface area contributed by atoms with Crippen molar-refractivity contribution in [2.45, 2.75) is 6.92 Å². The van der Waals surface area contributed by atoms with Gasteiger partial charge in [-0.05, 0) is 12.5 Å². The molecule has 0 atom stereocenters.